The number of aryl methyl sites for hydroxylation is 1. The summed E-state index contributed by atoms with van der Waals surface area (Å²) in [6.45, 7) is 1.06. The number of nitrogens with zero attached hydrogens (tertiary/aromatic N) is 1. The highest BCUT2D eigenvalue weighted by Gasteiger charge is 2.30. The quantitative estimate of drug-likeness (QED) is 0.899. The average Bonchev–Trinajstić information content (AvgIpc) is 2.89. The van der Waals surface area contributed by atoms with E-state index in [0.717, 1.165) is 24.1 Å². The molecule has 19 heavy (non-hydrogen) atoms. The molecule has 110 valence electrons. The topological polar surface area (TPSA) is 63.4 Å². The van der Waals surface area contributed by atoms with Gasteiger partial charge in [0.2, 0.25) is 10.0 Å². The van der Waals surface area contributed by atoms with Crippen LogP contribution in [0.4, 0.5) is 0 Å². The molecule has 1 atom stereocenters. The van der Waals surface area contributed by atoms with Gasteiger partial charge in [0.1, 0.15) is 0 Å². The highest BCUT2D eigenvalue weighted by Crippen LogP contribution is 2.21. The van der Waals surface area contributed by atoms with Crippen molar-refractivity contribution in [3.8, 4) is 0 Å². The Morgan fingerprint density at radius 2 is 2.21 bits per heavy atom. The summed E-state index contributed by atoms with van der Waals surface area (Å²) in [5.41, 5.74) is 5.68. The number of hydrogen-bond acceptors (Lipinski definition) is 4. The van der Waals surface area contributed by atoms with Gasteiger partial charge in [-0.2, -0.15) is 4.31 Å². The largest absolute Gasteiger partial charge is 0.329 e. The van der Waals surface area contributed by atoms with Crippen LogP contribution in [-0.4, -0.2) is 37.6 Å². The van der Waals surface area contributed by atoms with Crippen molar-refractivity contribution in [3.05, 3.63) is 22.4 Å². The zero-order chi connectivity index (χ0) is 13.0. The van der Waals surface area contributed by atoms with Crippen molar-refractivity contribution in [3.63, 3.8) is 0 Å². The molecule has 1 unspecified atom stereocenters. The van der Waals surface area contributed by atoms with Crippen LogP contribution in [0.15, 0.2) is 17.5 Å². The fraction of sp³-hybridized carbons (Fsp3) is 0.667. The summed E-state index contributed by atoms with van der Waals surface area (Å²) in [5, 5.41) is 1.98. The van der Waals surface area contributed by atoms with Crippen molar-refractivity contribution in [2.75, 3.05) is 18.8 Å². The molecule has 2 heterocycles. The molecule has 1 fully saturated rings. The molecule has 1 aromatic rings. The zero-order valence-corrected chi connectivity index (χ0v) is 13.3. The number of sulfonamides is 1. The number of thiophene rings is 1. The van der Waals surface area contributed by atoms with Crippen molar-refractivity contribution in [1.82, 2.24) is 4.31 Å². The van der Waals surface area contributed by atoms with Crippen LogP contribution in [0.1, 0.15) is 24.1 Å². The van der Waals surface area contributed by atoms with E-state index >= 15 is 0 Å². The van der Waals surface area contributed by atoms with E-state index in [2.05, 4.69) is 0 Å². The molecule has 0 spiro atoms. The molecule has 1 aliphatic rings. The minimum absolute atomic E-state index is 0. The number of nitrogens with two attached hydrogens (primary N) is 1. The third-order valence-corrected chi connectivity index (χ3v) is 6.24. The molecule has 0 amide bonds. The maximum atomic E-state index is 12.3. The highest BCUT2D eigenvalue weighted by molar-refractivity contribution is 7.89. The predicted octanol–water partition coefficient (Wildman–Crippen LogP) is 1.86. The maximum absolute atomic E-state index is 12.3. The summed E-state index contributed by atoms with van der Waals surface area (Å²) in [6, 6.07) is 3.94. The molecule has 2 rings (SSSR count). The van der Waals surface area contributed by atoms with Gasteiger partial charge >= 0.3 is 0 Å². The summed E-state index contributed by atoms with van der Waals surface area (Å²) in [4.78, 5) is 1.12. The molecule has 0 bridgehead atoms. The minimum atomic E-state index is -3.16. The van der Waals surface area contributed by atoms with E-state index in [1.165, 1.54) is 0 Å². The van der Waals surface area contributed by atoms with Crippen LogP contribution in [0.5, 0.6) is 0 Å². The zero-order valence-electron chi connectivity index (χ0n) is 10.8. The Morgan fingerprint density at radius 1 is 1.42 bits per heavy atom. The van der Waals surface area contributed by atoms with Gasteiger partial charge in [-0.15, -0.1) is 23.7 Å². The molecule has 1 saturated heterocycles. The third-order valence-electron chi connectivity index (χ3n) is 3.39. The second-order valence-corrected chi connectivity index (χ2v) is 7.71. The van der Waals surface area contributed by atoms with E-state index in [0.29, 0.717) is 19.5 Å². The van der Waals surface area contributed by atoms with Crippen molar-refractivity contribution >= 4 is 33.8 Å². The number of piperidine rings is 1. The van der Waals surface area contributed by atoms with E-state index < -0.39 is 10.0 Å². The van der Waals surface area contributed by atoms with Gasteiger partial charge in [-0.1, -0.05) is 12.5 Å². The van der Waals surface area contributed by atoms with Crippen molar-refractivity contribution in [1.29, 1.82) is 0 Å². The van der Waals surface area contributed by atoms with Crippen molar-refractivity contribution in [2.45, 2.75) is 31.7 Å². The molecule has 2 N–H and O–H groups in total. The fourth-order valence-corrected chi connectivity index (χ4v) is 4.98. The number of hydrogen-bond donors (Lipinski definition) is 1. The number of halogens is 1. The molecule has 0 radical (unpaired) electrons. The molecule has 1 aliphatic heterocycles. The Kier molecular flexibility index (Phi) is 6.76. The Bertz CT molecular complexity index is 462. The minimum Gasteiger partial charge on any atom is -0.329 e. The lowest BCUT2D eigenvalue weighted by molar-refractivity contribution is 0.257. The molecular formula is C12H21ClN2O2S2. The summed E-state index contributed by atoms with van der Waals surface area (Å²) in [7, 11) is -3.16. The lowest BCUT2D eigenvalue weighted by Gasteiger charge is -2.33. The molecule has 1 aromatic heterocycles. The summed E-state index contributed by atoms with van der Waals surface area (Å²) in [5.74, 6) is 0.198. The molecule has 4 nitrogen and oxygen atoms in total. The first-order valence-corrected chi connectivity index (χ1v) is 8.84. The molecular weight excluding hydrogens is 304 g/mol. The monoisotopic (exact) mass is 324 g/mol. The fourth-order valence-electron chi connectivity index (χ4n) is 2.38. The standard InChI is InChI=1S/C12H20N2O2S2.ClH/c13-10-11-4-1-2-7-14(11)18(15,16)9-6-12-5-3-8-17-12;/h3,5,8,11H,1-2,4,6-7,9-10,13H2;1H. The first kappa shape index (κ1) is 16.9. The Morgan fingerprint density at radius 3 is 2.84 bits per heavy atom. The summed E-state index contributed by atoms with van der Waals surface area (Å²) in [6.07, 6.45) is 3.54. The molecule has 0 saturated carbocycles. The summed E-state index contributed by atoms with van der Waals surface area (Å²) < 4.78 is 26.3. The van der Waals surface area contributed by atoms with Crippen molar-refractivity contribution < 1.29 is 8.42 Å². The lowest BCUT2D eigenvalue weighted by Crippen LogP contribution is -2.48. The number of rotatable bonds is 5. The second kappa shape index (κ2) is 7.59. The third kappa shape index (κ3) is 4.43. The van der Waals surface area contributed by atoms with Gasteiger partial charge in [-0.05, 0) is 30.7 Å². The van der Waals surface area contributed by atoms with Gasteiger partial charge < -0.3 is 5.73 Å². The van der Waals surface area contributed by atoms with Gasteiger partial charge in [0.05, 0.1) is 5.75 Å². The van der Waals surface area contributed by atoms with Gasteiger partial charge in [-0.25, -0.2) is 8.42 Å². The van der Waals surface area contributed by atoms with Crippen molar-refractivity contribution in [2.24, 2.45) is 5.73 Å². The van der Waals surface area contributed by atoms with Gasteiger partial charge in [0.15, 0.2) is 0 Å². The van der Waals surface area contributed by atoms with Crippen LogP contribution in [0.25, 0.3) is 0 Å². The Labute approximate surface area is 125 Å². The van der Waals surface area contributed by atoms with Gasteiger partial charge in [0.25, 0.3) is 0 Å². The van der Waals surface area contributed by atoms with E-state index in [1.807, 2.05) is 17.5 Å². The van der Waals surface area contributed by atoms with Crippen LogP contribution >= 0.6 is 23.7 Å². The summed E-state index contributed by atoms with van der Waals surface area (Å²) >= 11 is 1.61. The van der Waals surface area contributed by atoms with Crippen LogP contribution in [0.3, 0.4) is 0 Å². The van der Waals surface area contributed by atoms with E-state index in [1.54, 1.807) is 15.6 Å². The Balaban J connectivity index is 0.00000180. The smallest absolute Gasteiger partial charge is 0.214 e. The second-order valence-electron chi connectivity index (χ2n) is 4.64. The molecule has 0 aromatic carbocycles. The molecule has 7 heteroatoms. The SMILES string of the molecule is Cl.NCC1CCCCN1S(=O)(=O)CCc1cccs1. The maximum Gasteiger partial charge on any atom is 0.214 e. The lowest BCUT2D eigenvalue weighted by atomic mass is 10.1. The Hall–Kier alpha value is -0.140. The normalized spacial score (nSPS) is 21.0. The van der Waals surface area contributed by atoms with Gasteiger partial charge in [-0.3, -0.25) is 0 Å². The van der Waals surface area contributed by atoms with Gasteiger partial charge in [0, 0.05) is 24.0 Å². The van der Waals surface area contributed by atoms with E-state index in [4.69, 9.17) is 5.73 Å². The predicted molar refractivity (Wildman–Crippen MR) is 82.5 cm³/mol. The first-order chi connectivity index (χ1) is 8.63. The van der Waals surface area contributed by atoms with Crippen LogP contribution in [0, 0.1) is 0 Å². The highest BCUT2D eigenvalue weighted by atomic mass is 35.5. The van der Waals surface area contributed by atoms with Crippen LogP contribution in [0.2, 0.25) is 0 Å². The van der Waals surface area contributed by atoms with Crippen LogP contribution < -0.4 is 5.73 Å². The van der Waals surface area contributed by atoms with E-state index in [-0.39, 0.29) is 24.2 Å². The average molecular weight is 325 g/mol. The molecule has 0 aliphatic carbocycles. The first-order valence-electron chi connectivity index (χ1n) is 6.35. The van der Waals surface area contributed by atoms with Crippen LogP contribution in [-0.2, 0) is 16.4 Å². The van der Waals surface area contributed by atoms with E-state index in [9.17, 15) is 8.42 Å².